The third kappa shape index (κ3) is 2.84. The van der Waals surface area contributed by atoms with Crippen LogP contribution in [0.15, 0.2) is 6.33 Å². The number of nitrogens with one attached hydrogen (secondary N) is 1. The minimum absolute atomic E-state index is 0.185. The minimum atomic E-state index is 0.185. The summed E-state index contributed by atoms with van der Waals surface area (Å²) < 4.78 is 1.86. The molecule has 0 aliphatic carbocycles. The van der Waals surface area contributed by atoms with E-state index >= 15 is 0 Å². The van der Waals surface area contributed by atoms with Crippen molar-refractivity contribution >= 4 is 0 Å². The molecule has 0 saturated carbocycles. The van der Waals surface area contributed by atoms with Crippen molar-refractivity contribution in [3.63, 3.8) is 0 Å². The summed E-state index contributed by atoms with van der Waals surface area (Å²) in [5, 5.41) is 7.73. The van der Waals surface area contributed by atoms with E-state index in [2.05, 4.69) is 41.1 Å². The Morgan fingerprint density at radius 3 is 2.88 bits per heavy atom. The fraction of sp³-hybridized carbons (Fsp3) is 0.833. The summed E-state index contributed by atoms with van der Waals surface area (Å²) in [6.07, 6.45) is 2.80. The molecule has 1 atom stereocenters. The summed E-state index contributed by atoms with van der Waals surface area (Å²) in [7, 11) is 1.95. The lowest BCUT2D eigenvalue weighted by Gasteiger charge is -2.44. The van der Waals surface area contributed by atoms with E-state index in [1.807, 2.05) is 11.7 Å². The van der Waals surface area contributed by atoms with Crippen LogP contribution in [0.4, 0.5) is 0 Å². The Hall–Kier alpha value is -0.940. The molecule has 1 unspecified atom stereocenters. The molecule has 2 heterocycles. The van der Waals surface area contributed by atoms with Gasteiger partial charge >= 0.3 is 0 Å². The standard InChI is InChI=1S/C12H23N5/c1-5-10-6-14-12(2,3)8-17(10)7-11-13-9-15-16(11)4/h9-10,14H,5-8H2,1-4H3. The van der Waals surface area contributed by atoms with Gasteiger partial charge < -0.3 is 5.32 Å². The number of rotatable bonds is 3. The van der Waals surface area contributed by atoms with Gasteiger partial charge in [-0.3, -0.25) is 9.58 Å². The van der Waals surface area contributed by atoms with E-state index in [4.69, 9.17) is 0 Å². The van der Waals surface area contributed by atoms with E-state index in [9.17, 15) is 0 Å². The maximum atomic E-state index is 4.32. The van der Waals surface area contributed by atoms with E-state index in [1.165, 1.54) is 6.42 Å². The van der Waals surface area contributed by atoms with Crippen LogP contribution in [-0.2, 0) is 13.6 Å². The quantitative estimate of drug-likeness (QED) is 0.844. The van der Waals surface area contributed by atoms with E-state index < -0.39 is 0 Å². The smallest absolute Gasteiger partial charge is 0.140 e. The molecule has 17 heavy (non-hydrogen) atoms. The van der Waals surface area contributed by atoms with Gasteiger partial charge in [-0.25, -0.2) is 4.98 Å². The summed E-state index contributed by atoms with van der Waals surface area (Å²) in [5.41, 5.74) is 0.185. The average molecular weight is 237 g/mol. The fourth-order valence-corrected chi connectivity index (χ4v) is 2.45. The normalized spacial score (nSPS) is 25.1. The highest BCUT2D eigenvalue weighted by Crippen LogP contribution is 2.18. The van der Waals surface area contributed by atoms with Gasteiger partial charge in [0.2, 0.25) is 0 Å². The van der Waals surface area contributed by atoms with Gasteiger partial charge in [0.05, 0.1) is 6.54 Å². The zero-order valence-corrected chi connectivity index (χ0v) is 11.3. The van der Waals surface area contributed by atoms with Crippen LogP contribution in [0.5, 0.6) is 0 Å². The lowest BCUT2D eigenvalue weighted by molar-refractivity contribution is 0.0823. The van der Waals surface area contributed by atoms with Gasteiger partial charge in [-0.15, -0.1) is 0 Å². The number of aromatic nitrogens is 3. The van der Waals surface area contributed by atoms with Crippen molar-refractivity contribution in [2.45, 2.75) is 45.3 Å². The average Bonchev–Trinajstić information content (AvgIpc) is 2.64. The molecule has 0 radical (unpaired) electrons. The van der Waals surface area contributed by atoms with E-state index in [-0.39, 0.29) is 5.54 Å². The number of hydrogen-bond acceptors (Lipinski definition) is 4. The van der Waals surface area contributed by atoms with Gasteiger partial charge in [-0.1, -0.05) is 6.92 Å². The molecule has 0 bridgehead atoms. The summed E-state index contributed by atoms with van der Waals surface area (Å²) in [5.74, 6) is 1.04. The summed E-state index contributed by atoms with van der Waals surface area (Å²) in [6, 6.07) is 0.597. The summed E-state index contributed by atoms with van der Waals surface area (Å²) in [4.78, 5) is 6.83. The van der Waals surface area contributed by atoms with Crippen molar-refractivity contribution in [2.75, 3.05) is 13.1 Å². The van der Waals surface area contributed by atoms with Crippen LogP contribution in [0.2, 0.25) is 0 Å². The Balaban J connectivity index is 2.08. The molecule has 1 aliphatic rings. The topological polar surface area (TPSA) is 46.0 Å². The van der Waals surface area contributed by atoms with E-state index in [0.29, 0.717) is 6.04 Å². The first-order valence-electron chi connectivity index (χ1n) is 6.34. The monoisotopic (exact) mass is 237 g/mol. The molecule has 96 valence electrons. The summed E-state index contributed by atoms with van der Waals surface area (Å²) in [6.45, 7) is 9.75. The molecule has 1 fully saturated rings. The van der Waals surface area contributed by atoms with Gasteiger partial charge in [-0.05, 0) is 20.3 Å². The number of nitrogens with zero attached hydrogens (tertiary/aromatic N) is 4. The number of hydrogen-bond donors (Lipinski definition) is 1. The minimum Gasteiger partial charge on any atom is -0.309 e. The molecule has 1 aromatic rings. The van der Waals surface area contributed by atoms with Crippen LogP contribution < -0.4 is 5.32 Å². The first-order chi connectivity index (χ1) is 8.02. The maximum Gasteiger partial charge on any atom is 0.140 e. The highest BCUT2D eigenvalue weighted by atomic mass is 15.3. The Bertz CT molecular complexity index is 371. The second kappa shape index (κ2) is 4.74. The van der Waals surface area contributed by atoms with Crippen LogP contribution >= 0.6 is 0 Å². The number of piperazine rings is 1. The molecule has 1 aliphatic heterocycles. The van der Waals surface area contributed by atoms with Crippen molar-refractivity contribution in [3.8, 4) is 0 Å². The van der Waals surface area contributed by atoms with E-state index in [1.54, 1.807) is 6.33 Å². The third-order valence-electron chi connectivity index (χ3n) is 3.55. The van der Waals surface area contributed by atoms with Crippen LogP contribution in [0, 0.1) is 0 Å². The largest absolute Gasteiger partial charge is 0.309 e. The van der Waals surface area contributed by atoms with Gasteiger partial charge in [0.25, 0.3) is 0 Å². The Morgan fingerprint density at radius 2 is 2.29 bits per heavy atom. The van der Waals surface area contributed by atoms with Crippen molar-refractivity contribution < 1.29 is 0 Å². The van der Waals surface area contributed by atoms with Gasteiger partial charge in [0.1, 0.15) is 12.2 Å². The molecule has 2 rings (SSSR count). The molecule has 1 N–H and O–H groups in total. The first kappa shape index (κ1) is 12.5. The fourth-order valence-electron chi connectivity index (χ4n) is 2.45. The number of aryl methyl sites for hydroxylation is 1. The molecule has 0 spiro atoms. The molecular formula is C12H23N5. The van der Waals surface area contributed by atoms with Crippen molar-refractivity contribution in [1.82, 2.24) is 25.0 Å². The zero-order chi connectivity index (χ0) is 12.5. The SMILES string of the molecule is CCC1CNC(C)(C)CN1Cc1ncnn1C. The Morgan fingerprint density at radius 1 is 1.53 bits per heavy atom. The van der Waals surface area contributed by atoms with E-state index in [0.717, 1.165) is 25.5 Å². The van der Waals surface area contributed by atoms with Gasteiger partial charge in [0, 0.05) is 31.7 Å². The first-order valence-corrected chi connectivity index (χ1v) is 6.34. The highest BCUT2D eigenvalue weighted by Gasteiger charge is 2.31. The maximum absolute atomic E-state index is 4.32. The van der Waals surface area contributed by atoms with Crippen LogP contribution in [0.25, 0.3) is 0 Å². The third-order valence-corrected chi connectivity index (χ3v) is 3.55. The second-order valence-corrected chi connectivity index (χ2v) is 5.53. The molecule has 0 amide bonds. The lowest BCUT2D eigenvalue weighted by atomic mass is 9.97. The molecular weight excluding hydrogens is 214 g/mol. The molecule has 5 heteroatoms. The molecule has 1 saturated heterocycles. The van der Waals surface area contributed by atoms with Crippen LogP contribution in [-0.4, -0.2) is 44.3 Å². The Kier molecular flexibility index (Phi) is 3.49. The second-order valence-electron chi connectivity index (χ2n) is 5.53. The zero-order valence-electron chi connectivity index (χ0n) is 11.3. The summed E-state index contributed by atoms with van der Waals surface area (Å²) >= 11 is 0. The van der Waals surface area contributed by atoms with Crippen molar-refractivity contribution in [3.05, 3.63) is 12.2 Å². The molecule has 0 aromatic carbocycles. The highest BCUT2D eigenvalue weighted by molar-refractivity contribution is 4.94. The predicted octanol–water partition coefficient (Wildman–Crippen LogP) is 0.777. The lowest BCUT2D eigenvalue weighted by Crippen LogP contribution is -2.61. The van der Waals surface area contributed by atoms with Gasteiger partial charge in [-0.2, -0.15) is 5.10 Å². The predicted molar refractivity (Wildman–Crippen MR) is 67.6 cm³/mol. The van der Waals surface area contributed by atoms with Crippen LogP contribution in [0.1, 0.15) is 33.0 Å². The van der Waals surface area contributed by atoms with Crippen LogP contribution in [0.3, 0.4) is 0 Å². The van der Waals surface area contributed by atoms with Gasteiger partial charge in [0.15, 0.2) is 0 Å². The Labute approximate surface area is 103 Å². The van der Waals surface area contributed by atoms with Crippen molar-refractivity contribution in [2.24, 2.45) is 7.05 Å². The van der Waals surface area contributed by atoms with Crippen molar-refractivity contribution in [1.29, 1.82) is 0 Å². The molecule has 1 aromatic heterocycles. The molecule has 5 nitrogen and oxygen atoms in total.